The van der Waals surface area contributed by atoms with Crippen molar-refractivity contribution in [3.05, 3.63) is 47.9 Å². The van der Waals surface area contributed by atoms with Crippen molar-refractivity contribution in [2.75, 3.05) is 11.9 Å². The van der Waals surface area contributed by atoms with Crippen LogP contribution >= 0.6 is 0 Å². The molecular formula is C15H16F3NO2. The number of rotatable bonds is 5. The van der Waals surface area contributed by atoms with Gasteiger partial charge in [-0.05, 0) is 38.1 Å². The molecular weight excluding hydrogens is 283 g/mol. The molecule has 0 amide bonds. The molecule has 0 fully saturated rings. The van der Waals surface area contributed by atoms with Crippen LogP contribution in [-0.4, -0.2) is 12.8 Å². The molecule has 3 nitrogen and oxygen atoms in total. The van der Waals surface area contributed by atoms with Gasteiger partial charge in [-0.1, -0.05) is 12.1 Å². The van der Waals surface area contributed by atoms with Gasteiger partial charge in [-0.15, -0.1) is 0 Å². The van der Waals surface area contributed by atoms with Gasteiger partial charge >= 0.3 is 6.18 Å². The van der Waals surface area contributed by atoms with E-state index in [1.54, 1.807) is 18.2 Å². The van der Waals surface area contributed by atoms with Gasteiger partial charge in [-0.3, -0.25) is 0 Å². The van der Waals surface area contributed by atoms with Crippen LogP contribution in [0.1, 0.15) is 24.5 Å². The summed E-state index contributed by atoms with van der Waals surface area (Å²) in [5.74, 6) is 1.64. The third-order valence-corrected chi connectivity index (χ3v) is 2.84. The molecule has 0 radical (unpaired) electrons. The normalized spacial score (nSPS) is 13.0. The highest BCUT2D eigenvalue weighted by Gasteiger charge is 2.28. The van der Waals surface area contributed by atoms with E-state index in [1.807, 2.05) is 26.0 Å². The maximum absolute atomic E-state index is 12.2. The summed E-state index contributed by atoms with van der Waals surface area (Å²) in [4.78, 5) is 0. The second-order valence-corrected chi connectivity index (χ2v) is 4.71. The van der Waals surface area contributed by atoms with Crippen LogP contribution in [-0.2, 0) is 0 Å². The second-order valence-electron chi connectivity index (χ2n) is 4.71. The van der Waals surface area contributed by atoms with Crippen molar-refractivity contribution in [1.82, 2.24) is 0 Å². The largest absolute Gasteiger partial charge is 0.482 e. The van der Waals surface area contributed by atoms with Crippen molar-refractivity contribution in [2.24, 2.45) is 0 Å². The molecule has 1 aromatic carbocycles. The molecule has 1 aromatic heterocycles. The smallest absolute Gasteiger partial charge is 0.422 e. The van der Waals surface area contributed by atoms with Crippen molar-refractivity contribution < 1.29 is 22.3 Å². The Hall–Kier alpha value is -2.11. The maximum Gasteiger partial charge on any atom is 0.422 e. The van der Waals surface area contributed by atoms with E-state index in [2.05, 4.69) is 5.32 Å². The van der Waals surface area contributed by atoms with Crippen LogP contribution in [0.15, 0.2) is 40.8 Å². The van der Waals surface area contributed by atoms with Gasteiger partial charge in [-0.25, -0.2) is 0 Å². The van der Waals surface area contributed by atoms with E-state index in [1.165, 1.54) is 6.07 Å². The van der Waals surface area contributed by atoms with Gasteiger partial charge in [0, 0.05) is 0 Å². The van der Waals surface area contributed by atoms with Crippen molar-refractivity contribution in [3.63, 3.8) is 0 Å². The first-order valence-electron chi connectivity index (χ1n) is 6.46. The first kappa shape index (κ1) is 15.3. The Bertz CT molecular complexity index is 593. The average molecular weight is 299 g/mol. The first-order valence-corrected chi connectivity index (χ1v) is 6.46. The molecule has 0 aliphatic carbocycles. The number of benzene rings is 1. The lowest BCUT2D eigenvalue weighted by atomic mass is 10.2. The van der Waals surface area contributed by atoms with Crippen LogP contribution < -0.4 is 10.1 Å². The van der Waals surface area contributed by atoms with Crippen molar-refractivity contribution in [2.45, 2.75) is 26.1 Å². The predicted molar refractivity (Wildman–Crippen MR) is 73.5 cm³/mol. The maximum atomic E-state index is 12.2. The number of nitrogens with one attached hydrogen (secondary N) is 1. The number of anilines is 1. The van der Waals surface area contributed by atoms with Crippen LogP contribution in [0.5, 0.6) is 5.75 Å². The summed E-state index contributed by atoms with van der Waals surface area (Å²) in [6.07, 6.45) is -4.36. The van der Waals surface area contributed by atoms with E-state index in [9.17, 15) is 13.2 Å². The minimum atomic E-state index is -4.36. The number of furan rings is 1. The number of hydrogen-bond donors (Lipinski definition) is 1. The van der Waals surface area contributed by atoms with Crippen LogP contribution in [0.3, 0.4) is 0 Å². The molecule has 114 valence electrons. The summed E-state index contributed by atoms with van der Waals surface area (Å²) in [7, 11) is 0. The Morgan fingerprint density at radius 2 is 1.90 bits per heavy atom. The van der Waals surface area contributed by atoms with E-state index in [0.717, 1.165) is 5.76 Å². The van der Waals surface area contributed by atoms with Crippen LogP contribution in [0.25, 0.3) is 0 Å². The van der Waals surface area contributed by atoms with Crippen molar-refractivity contribution in [1.29, 1.82) is 0 Å². The Balaban J connectivity index is 2.09. The van der Waals surface area contributed by atoms with Gasteiger partial charge in [0.15, 0.2) is 6.61 Å². The first-order chi connectivity index (χ1) is 9.85. The minimum Gasteiger partial charge on any atom is -0.482 e. The molecule has 0 spiro atoms. The highest BCUT2D eigenvalue weighted by atomic mass is 19.4. The average Bonchev–Trinajstić information content (AvgIpc) is 2.83. The Kier molecular flexibility index (Phi) is 4.45. The molecule has 0 saturated heterocycles. The molecule has 0 saturated carbocycles. The fourth-order valence-corrected chi connectivity index (χ4v) is 1.86. The standard InChI is InChI=1S/C15H16F3NO2/c1-10-7-8-13(21-10)11(2)19-12-5-3-4-6-14(12)20-9-15(16,17)18/h3-8,11,19H,9H2,1-2H3. The highest BCUT2D eigenvalue weighted by molar-refractivity contribution is 5.57. The van der Waals surface area contributed by atoms with Gasteiger partial charge in [-0.2, -0.15) is 13.2 Å². The summed E-state index contributed by atoms with van der Waals surface area (Å²) >= 11 is 0. The molecule has 6 heteroatoms. The number of aryl methyl sites for hydroxylation is 1. The number of ether oxygens (including phenoxy) is 1. The van der Waals surface area contributed by atoms with Gasteiger partial charge in [0.05, 0.1) is 11.7 Å². The fraction of sp³-hybridized carbons (Fsp3) is 0.333. The van der Waals surface area contributed by atoms with Crippen molar-refractivity contribution >= 4 is 5.69 Å². The van der Waals surface area contributed by atoms with Crippen molar-refractivity contribution in [3.8, 4) is 5.75 Å². The molecule has 2 aromatic rings. The van der Waals surface area contributed by atoms with E-state index < -0.39 is 12.8 Å². The zero-order chi connectivity index (χ0) is 15.5. The number of alkyl halides is 3. The second kappa shape index (κ2) is 6.11. The molecule has 0 aliphatic heterocycles. The lowest BCUT2D eigenvalue weighted by Crippen LogP contribution is -2.20. The molecule has 0 bridgehead atoms. The van der Waals surface area contributed by atoms with Crippen LogP contribution in [0, 0.1) is 6.92 Å². The van der Waals surface area contributed by atoms with Gasteiger partial charge < -0.3 is 14.5 Å². The monoisotopic (exact) mass is 299 g/mol. The van der Waals surface area contributed by atoms with E-state index in [-0.39, 0.29) is 11.8 Å². The lowest BCUT2D eigenvalue weighted by molar-refractivity contribution is -0.153. The highest BCUT2D eigenvalue weighted by Crippen LogP contribution is 2.30. The topological polar surface area (TPSA) is 34.4 Å². The quantitative estimate of drug-likeness (QED) is 0.868. The molecule has 1 unspecified atom stereocenters. The van der Waals surface area contributed by atoms with Crippen LogP contribution in [0.2, 0.25) is 0 Å². The SMILES string of the molecule is Cc1ccc(C(C)Nc2ccccc2OCC(F)(F)F)o1. The molecule has 2 rings (SSSR count). The van der Waals surface area contributed by atoms with Gasteiger partial charge in [0.25, 0.3) is 0 Å². The van der Waals surface area contributed by atoms with Crippen LogP contribution in [0.4, 0.5) is 18.9 Å². The molecule has 21 heavy (non-hydrogen) atoms. The summed E-state index contributed by atoms with van der Waals surface area (Å²) in [6, 6.07) is 9.98. The number of halogens is 3. The summed E-state index contributed by atoms with van der Waals surface area (Å²) < 4.78 is 47.0. The Morgan fingerprint density at radius 3 is 2.52 bits per heavy atom. The van der Waals surface area contributed by atoms with E-state index in [0.29, 0.717) is 11.4 Å². The fourth-order valence-electron chi connectivity index (χ4n) is 1.86. The Morgan fingerprint density at radius 1 is 1.19 bits per heavy atom. The van der Waals surface area contributed by atoms with Gasteiger partial charge in [0.1, 0.15) is 17.3 Å². The third kappa shape index (κ3) is 4.44. The third-order valence-electron chi connectivity index (χ3n) is 2.84. The number of hydrogen-bond acceptors (Lipinski definition) is 3. The zero-order valence-electron chi connectivity index (χ0n) is 11.7. The Labute approximate surface area is 120 Å². The van der Waals surface area contributed by atoms with E-state index >= 15 is 0 Å². The minimum absolute atomic E-state index is 0.157. The van der Waals surface area contributed by atoms with E-state index in [4.69, 9.17) is 9.15 Å². The van der Waals surface area contributed by atoms with Gasteiger partial charge in [0.2, 0.25) is 0 Å². The summed E-state index contributed by atoms with van der Waals surface area (Å²) in [5.41, 5.74) is 0.489. The zero-order valence-corrected chi connectivity index (χ0v) is 11.7. The predicted octanol–water partition coefficient (Wildman–Crippen LogP) is 4.70. The molecule has 0 aliphatic rings. The summed E-state index contributed by atoms with van der Waals surface area (Å²) in [6.45, 7) is 2.37. The summed E-state index contributed by atoms with van der Waals surface area (Å²) in [5, 5.41) is 3.09. The molecule has 1 heterocycles. The lowest BCUT2D eigenvalue weighted by Gasteiger charge is -2.17. The molecule has 1 N–H and O–H groups in total. The molecule has 1 atom stereocenters. The number of para-hydroxylation sites is 2.